The summed E-state index contributed by atoms with van der Waals surface area (Å²) in [4.78, 5) is 1.74. The first kappa shape index (κ1) is 17.2. The molecule has 2 heterocycles. The SMILES string of the molecule is CCOc1ccc(-c2ccc(SCC[NH+]3CCCCC3)nn2)cc1. The molecule has 3 rings (SSSR count). The topological polar surface area (TPSA) is 39.5 Å². The summed E-state index contributed by atoms with van der Waals surface area (Å²) >= 11 is 1.81. The van der Waals surface area contributed by atoms with Crippen molar-refractivity contribution in [1.29, 1.82) is 0 Å². The Bertz CT molecular complexity index is 610. The molecule has 5 heteroatoms. The molecule has 0 amide bonds. The monoisotopic (exact) mass is 344 g/mol. The van der Waals surface area contributed by atoms with Crippen LogP contribution in [-0.4, -0.2) is 42.2 Å². The van der Waals surface area contributed by atoms with Crippen LogP contribution in [0.4, 0.5) is 0 Å². The molecule has 0 radical (unpaired) electrons. The second-order valence-corrected chi connectivity index (χ2v) is 7.24. The summed E-state index contributed by atoms with van der Waals surface area (Å²) < 4.78 is 5.47. The van der Waals surface area contributed by atoms with Crippen LogP contribution in [-0.2, 0) is 0 Å². The first-order chi connectivity index (χ1) is 11.8. The maximum absolute atomic E-state index is 5.47. The van der Waals surface area contributed by atoms with E-state index in [-0.39, 0.29) is 0 Å². The minimum atomic E-state index is 0.685. The molecule has 1 aromatic carbocycles. The highest BCUT2D eigenvalue weighted by Crippen LogP contribution is 2.22. The standard InChI is InChI=1S/C19H25N3OS/c1-2-23-17-8-6-16(7-9-17)18-10-11-19(21-20-18)24-15-14-22-12-4-3-5-13-22/h6-11H,2-5,12-15H2,1H3/p+1. The molecule has 128 valence electrons. The molecule has 0 spiro atoms. The molecule has 1 aliphatic heterocycles. The number of rotatable bonds is 7. The van der Waals surface area contributed by atoms with Crippen molar-refractivity contribution in [3.63, 3.8) is 0 Å². The highest BCUT2D eigenvalue weighted by Gasteiger charge is 2.13. The Morgan fingerprint density at radius 3 is 2.46 bits per heavy atom. The number of aromatic nitrogens is 2. The number of ether oxygens (including phenoxy) is 1. The fourth-order valence-corrected chi connectivity index (χ4v) is 3.90. The maximum atomic E-state index is 5.47. The van der Waals surface area contributed by atoms with E-state index in [4.69, 9.17) is 4.74 Å². The van der Waals surface area contributed by atoms with Crippen LogP contribution in [0.25, 0.3) is 11.3 Å². The molecule has 0 atom stereocenters. The molecule has 0 unspecified atom stereocenters. The van der Waals surface area contributed by atoms with Gasteiger partial charge in [-0.25, -0.2) is 0 Å². The summed E-state index contributed by atoms with van der Waals surface area (Å²) in [5.74, 6) is 2.01. The molecular formula is C19H26N3OS+. The Morgan fingerprint density at radius 1 is 1.00 bits per heavy atom. The van der Waals surface area contributed by atoms with E-state index in [9.17, 15) is 0 Å². The van der Waals surface area contributed by atoms with Gasteiger partial charge in [-0.2, -0.15) is 0 Å². The summed E-state index contributed by atoms with van der Waals surface area (Å²) in [6, 6.07) is 12.1. The van der Waals surface area contributed by atoms with Crippen LogP contribution in [0.2, 0.25) is 0 Å². The fraction of sp³-hybridized carbons (Fsp3) is 0.474. The third-order valence-corrected chi connectivity index (χ3v) is 5.29. The van der Waals surface area contributed by atoms with Gasteiger partial charge in [0.05, 0.1) is 31.9 Å². The Kier molecular flexibility index (Phi) is 6.49. The van der Waals surface area contributed by atoms with E-state index < -0.39 is 0 Å². The van der Waals surface area contributed by atoms with Crippen molar-refractivity contribution in [3.05, 3.63) is 36.4 Å². The maximum Gasteiger partial charge on any atom is 0.119 e. The predicted octanol–water partition coefficient (Wildman–Crippen LogP) is 2.70. The fourth-order valence-electron chi connectivity index (χ4n) is 3.04. The van der Waals surface area contributed by atoms with E-state index in [1.165, 1.54) is 38.9 Å². The summed E-state index contributed by atoms with van der Waals surface area (Å²) in [6.45, 7) is 6.57. The van der Waals surface area contributed by atoms with Gasteiger partial charge in [0.15, 0.2) is 0 Å². The molecule has 1 fully saturated rings. The normalized spacial score (nSPS) is 15.4. The van der Waals surface area contributed by atoms with Gasteiger partial charge in [0.1, 0.15) is 10.8 Å². The predicted molar refractivity (Wildman–Crippen MR) is 98.8 cm³/mol. The van der Waals surface area contributed by atoms with Crippen LogP contribution in [0.1, 0.15) is 26.2 Å². The van der Waals surface area contributed by atoms with Gasteiger partial charge in [-0.05, 0) is 62.6 Å². The average Bonchev–Trinajstić information content (AvgIpc) is 2.64. The van der Waals surface area contributed by atoms with Gasteiger partial charge >= 0.3 is 0 Å². The number of benzene rings is 1. The second kappa shape index (κ2) is 9.04. The van der Waals surface area contributed by atoms with E-state index in [1.807, 2.05) is 43.0 Å². The first-order valence-corrected chi connectivity index (χ1v) is 9.87. The van der Waals surface area contributed by atoms with Crippen molar-refractivity contribution in [2.45, 2.75) is 31.2 Å². The lowest BCUT2D eigenvalue weighted by Crippen LogP contribution is -3.13. The quantitative estimate of drug-likeness (QED) is 0.784. The van der Waals surface area contributed by atoms with Crippen LogP contribution < -0.4 is 9.64 Å². The van der Waals surface area contributed by atoms with Crippen molar-refractivity contribution in [2.75, 3.05) is 32.0 Å². The van der Waals surface area contributed by atoms with Crippen LogP contribution in [0.15, 0.2) is 41.4 Å². The van der Waals surface area contributed by atoms with Crippen LogP contribution in [0.5, 0.6) is 5.75 Å². The molecule has 0 aliphatic carbocycles. The van der Waals surface area contributed by atoms with Gasteiger partial charge < -0.3 is 9.64 Å². The highest BCUT2D eigenvalue weighted by molar-refractivity contribution is 7.99. The average molecular weight is 345 g/mol. The Hall–Kier alpha value is -1.59. The van der Waals surface area contributed by atoms with Crippen molar-refractivity contribution < 1.29 is 9.64 Å². The van der Waals surface area contributed by atoms with Gasteiger partial charge in [-0.15, -0.1) is 10.2 Å². The van der Waals surface area contributed by atoms with Crippen molar-refractivity contribution in [1.82, 2.24) is 10.2 Å². The molecule has 1 N–H and O–H groups in total. The largest absolute Gasteiger partial charge is 0.494 e. The van der Waals surface area contributed by atoms with Crippen LogP contribution >= 0.6 is 11.8 Å². The van der Waals surface area contributed by atoms with E-state index >= 15 is 0 Å². The molecule has 1 aliphatic rings. The number of piperidine rings is 1. The number of hydrogen-bond donors (Lipinski definition) is 1. The minimum Gasteiger partial charge on any atom is -0.494 e. The summed E-state index contributed by atoms with van der Waals surface area (Å²) in [6.07, 6.45) is 4.18. The summed E-state index contributed by atoms with van der Waals surface area (Å²) in [5.41, 5.74) is 1.98. The van der Waals surface area contributed by atoms with Gasteiger partial charge in [-0.1, -0.05) is 11.8 Å². The second-order valence-electron chi connectivity index (χ2n) is 6.12. The molecule has 2 aromatic rings. The van der Waals surface area contributed by atoms with Crippen molar-refractivity contribution in [3.8, 4) is 17.0 Å². The van der Waals surface area contributed by atoms with Crippen LogP contribution in [0, 0.1) is 0 Å². The van der Waals surface area contributed by atoms with E-state index in [0.29, 0.717) is 6.61 Å². The summed E-state index contributed by atoms with van der Waals surface area (Å²) in [7, 11) is 0. The molecule has 1 saturated heterocycles. The number of nitrogens with zero attached hydrogens (tertiary/aromatic N) is 2. The van der Waals surface area contributed by atoms with Gasteiger partial charge in [-0.3, -0.25) is 0 Å². The van der Waals surface area contributed by atoms with Crippen molar-refractivity contribution in [2.24, 2.45) is 0 Å². The highest BCUT2D eigenvalue weighted by atomic mass is 32.2. The Morgan fingerprint density at radius 2 is 1.79 bits per heavy atom. The lowest BCUT2D eigenvalue weighted by molar-refractivity contribution is -0.902. The molecule has 1 aromatic heterocycles. The molecule has 0 bridgehead atoms. The Labute approximate surface area is 148 Å². The molecule has 4 nitrogen and oxygen atoms in total. The van der Waals surface area contributed by atoms with Crippen LogP contribution in [0.3, 0.4) is 0 Å². The third-order valence-electron chi connectivity index (χ3n) is 4.37. The van der Waals surface area contributed by atoms with Gasteiger partial charge in [0.25, 0.3) is 0 Å². The van der Waals surface area contributed by atoms with E-state index in [2.05, 4.69) is 22.3 Å². The number of hydrogen-bond acceptors (Lipinski definition) is 4. The number of quaternary nitrogens is 1. The Balaban J connectivity index is 1.51. The van der Waals surface area contributed by atoms with E-state index in [0.717, 1.165) is 27.8 Å². The molecule has 0 saturated carbocycles. The van der Waals surface area contributed by atoms with Gasteiger partial charge in [0, 0.05) is 11.3 Å². The number of thioether (sulfide) groups is 1. The van der Waals surface area contributed by atoms with Gasteiger partial charge in [0.2, 0.25) is 0 Å². The molecule has 24 heavy (non-hydrogen) atoms. The van der Waals surface area contributed by atoms with E-state index in [1.54, 1.807) is 4.90 Å². The zero-order valence-corrected chi connectivity index (χ0v) is 15.1. The lowest BCUT2D eigenvalue weighted by Gasteiger charge is -2.23. The zero-order valence-electron chi connectivity index (χ0n) is 14.3. The molecular weight excluding hydrogens is 318 g/mol. The minimum absolute atomic E-state index is 0.685. The number of nitrogens with one attached hydrogen (secondary N) is 1. The smallest absolute Gasteiger partial charge is 0.119 e. The zero-order chi connectivity index (χ0) is 16.6. The lowest BCUT2D eigenvalue weighted by atomic mass is 10.1. The number of likely N-dealkylation sites (tertiary alicyclic amines) is 1. The first-order valence-electron chi connectivity index (χ1n) is 8.88. The third kappa shape index (κ3) is 4.95. The summed E-state index contributed by atoms with van der Waals surface area (Å²) in [5, 5.41) is 9.76. The van der Waals surface area contributed by atoms with Crippen molar-refractivity contribution >= 4 is 11.8 Å².